The van der Waals surface area contributed by atoms with Gasteiger partial charge in [0.1, 0.15) is 0 Å². The van der Waals surface area contributed by atoms with E-state index in [0.29, 0.717) is 18.4 Å². The number of carbonyl (C=O) groups excluding carboxylic acids is 1. The Labute approximate surface area is 113 Å². The van der Waals surface area contributed by atoms with Gasteiger partial charge in [-0.2, -0.15) is 0 Å². The summed E-state index contributed by atoms with van der Waals surface area (Å²) in [6.07, 6.45) is 2.23. The molecule has 2 rings (SSSR count). The Bertz CT molecular complexity index is 582. The minimum absolute atomic E-state index is 0.0186. The van der Waals surface area contributed by atoms with E-state index in [4.69, 9.17) is 0 Å². The smallest absolute Gasteiger partial charge is 0.311 e. The molecule has 1 aromatic rings. The maximum Gasteiger partial charge on any atom is 0.311 e. The van der Waals surface area contributed by atoms with Crippen LogP contribution in [0.4, 0.5) is 0 Å². The number of allylic oxidation sites excluding steroid dienone is 1. The molecule has 100 valence electrons. The molecule has 0 saturated heterocycles. The first kappa shape index (κ1) is 13.5. The summed E-state index contributed by atoms with van der Waals surface area (Å²) < 4.78 is 0. The zero-order chi connectivity index (χ0) is 14.2. The highest BCUT2D eigenvalue weighted by molar-refractivity contribution is 6.03. The number of hydrogen-bond donors (Lipinski definition) is 1. The van der Waals surface area contributed by atoms with Gasteiger partial charge in [0.05, 0.1) is 5.92 Å². The topological polar surface area (TPSA) is 54.4 Å². The van der Waals surface area contributed by atoms with Crippen LogP contribution in [0.5, 0.6) is 0 Å². The normalized spacial score (nSPS) is 19.2. The molecule has 3 heteroatoms. The Balaban J connectivity index is 2.57. The van der Waals surface area contributed by atoms with Gasteiger partial charge in [0, 0.05) is 6.42 Å². The molecule has 1 aliphatic carbocycles. The summed E-state index contributed by atoms with van der Waals surface area (Å²) in [5.74, 6) is -1.40. The Hall–Kier alpha value is -1.90. The van der Waals surface area contributed by atoms with Crippen LogP contribution < -0.4 is 0 Å². The van der Waals surface area contributed by atoms with Gasteiger partial charge < -0.3 is 5.11 Å². The summed E-state index contributed by atoms with van der Waals surface area (Å²) in [4.78, 5) is 23.0. The van der Waals surface area contributed by atoms with Crippen molar-refractivity contribution in [3.05, 3.63) is 40.5 Å². The first-order valence-corrected chi connectivity index (χ1v) is 6.45. The summed E-state index contributed by atoms with van der Waals surface area (Å²) >= 11 is 0. The third-order valence-corrected chi connectivity index (χ3v) is 3.82. The highest BCUT2D eigenvalue weighted by atomic mass is 16.4. The number of benzene rings is 1. The van der Waals surface area contributed by atoms with E-state index in [2.05, 4.69) is 0 Å². The number of aliphatic carboxylic acids is 1. The molecule has 0 saturated carbocycles. The van der Waals surface area contributed by atoms with Gasteiger partial charge in [-0.05, 0) is 61.1 Å². The molecule has 1 aromatic carbocycles. The van der Waals surface area contributed by atoms with E-state index >= 15 is 0 Å². The second-order valence-corrected chi connectivity index (χ2v) is 5.25. The van der Waals surface area contributed by atoms with Crippen molar-refractivity contribution in [2.45, 2.75) is 33.6 Å². The zero-order valence-corrected chi connectivity index (χ0v) is 11.5. The molecule has 1 N–H and O–H groups in total. The predicted molar refractivity (Wildman–Crippen MR) is 74.0 cm³/mol. The number of hydrogen-bond acceptors (Lipinski definition) is 2. The lowest BCUT2D eigenvalue weighted by molar-refractivity contribution is -0.140. The third-order valence-electron chi connectivity index (χ3n) is 3.82. The lowest BCUT2D eigenvalue weighted by atomic mass is 9.81. The monoisotopic (exact) mass is 258 g/mol. The molecular weight excluding hydrogens is 240 g/mol. The summed E-state index contributed by atoms with van der Waals surface area (Å²) in [6.45, 7) is 5.99. The van der Waals surface area contributed by atoms with E-state index in [0.717, 1.165) is 16.7 Å². The van der Waals surface area contributed by atoms with Gasteiger partial charge in [-0.15, -0.1) is 0 Å². The number of carboxylic acids is 1. The maximum atomic E-state index is 11.6. The average molecular weight is 258 g/mol. The number of carboxylic acid groups (broad SMARTS) is 1. The first-order valence-electron chi connectivity index (χ1n) is 6.45. The summed E-state index contributed by atoms with van der Waals surface area (Å²) in [7, 11) is 0. The molecule has 0 spiro atoms. The van der Waals surface area contributed by atoms with Crippen LogP contribution in [0.15, 0.2) is 18.2 Å². The van der Waals surface area contributed by atoms with Crippen molar-refractivity contribution in [2.75, 3.05) is 0 Å². The maximum absolute atomic E-state index is 11.6. The van der Waals surface area contributed by atoms with Crippen LogP contribution in [0.1, 0.15) is 35.1 Å². The Morgan fingerprint density at radius 2 is 1.79 bits per heavy atom. The second-order valence-electron chi connectivity index (χ2n) is 5.25. The van der Waals surface area contributed by atoms with E-state index in [1.807, 2.05) is 32.9 Å². The molecule has 0 amide bonds. The fraction of sp³-hybridized carbons (Fsp3) is 0.375. The van der Waals surface area contributed by atoms with E-state index in [-0.39, 0.29) is 5.78 Å². The van der Waals surface area contributed by atoms with Gasteiger partial charge in [0.25, 0.3) is 0 Å². The summed E-state index contributed by atoms with van der Waals surface area (Å²) in [6, 6.07) is 4.04. The quantitative estimate of drug-likeness (QED) is 0.887. The van der Waals surface area contributed by atoms with Gasteiger partial charge in [-0.25, -0.2) is 0 Å². The Morgan fingerprint density at radius 1 is 1.16 bits per heavy atom. The van der Waals surface area contributed by atoms with E-state index in [1.165, 1.54) is 11.6 Å². The van der Waals surface area contributed by atoms with Crippen molar-refractivity contribution in [3.63, 3.8) is 0 Å². The summed E-state index contributed by atoms with van der Waals surface area (Å²) in [5.41, 5.74) is 4.86. The number of rotatable bonds is 2. The zero-order valence-electron chi connectivity index (χ0n) is 11.5. The van der Waals surface area contributed by atoms with Crippen LogP contribution in [0.3, 0.4) is 0 Å². The van der Waals surface area contributed by atoms with Gasteiger partial charge in [0.2, 0.25) is 0 Å². The molecule has 0 aliphatic heterocycles. The van der Waals surface area contributed by atoms with Crippen molar-refractivity contribution in [2.24, 2.45) is 5.92 Å². The van der Waals surface area contributed by atoms with Crippen LogP contribution in [-0.2, 0) is 9.59 Å². The Morgan fingerprint density at radius 3 is 2.42 bits per heavy atom. The molecule has 0 radical (unpaired) electrons. The minimum atomic E-state index is -0.851. The molecule has 0 fully saturated rings. The lowest BCUT2D eigenvalue weighted by Crippen LogP contribution is -2.21. The third kappa shape index (κ3) is 2.60. The number of ketones is 1. The molecule has 19 heavy (non-hydrogen) atoms. The number of aryl methyl sites for hydroxylation is 3. The minimum Gasteiger partial charge on any atom is -0.481 e. The molecule has 0 aromatic heterocycles. The van der Waals surface area contributed by atoms with Crippen molar-refractivity contribution in [3.8, 4) is 0 Å². The van der Waals surface area contributed by atoms with Gasteiger partial charge >= 0.3 is 5.97 Å². The van der Waals surface area contributed by atoms with Gasteiger partial charge in [-0.1, -0.05) is 12.1 Å². The van der Waals surface area contributed by atoms with Gasteiger partial charge in [0.15, 0.2) is 5.78 Å². The highest BCUT2D eigenvalue weighted by Crippen LogP contribution is 2.34. The average Bonchev–Trinajstić information content (AvgIpc) is 2.33. The SMILES string of the molecule is Cc1cc(C)c(C2=CC(=O)CCC2C(=O)O)cc1C. The second kappa shape index (κ2) is 5.00. The van der Waals surface area contributed by atoms with Crippen LogP contribution in [-0.4, -0.2) is 16.9 Å². The van der Waals surface area contributed by atoms with Crippen LogP contribution in [0, 0.1) is 26.7 Å². The van der Waals surface area contributed by atoms with E-state index in [9.17, 15) is 14.7 Å². The molecule has 1 atom stereocenters. The predicted octanol–water partition coefficient (Wildman–Crippen LogP) is 3.06. The first-order chi connectivity index (χ1) is 8.90. The molecular formula is C16H18O3. The molecule has 3 nitrogen and oxygen atoms in total. The van der Waals surface area contributed by atoms with Crippen LogP contribution in [0.2, 0.25) is 0 Å². The van der Waals surface area contributed by atoms with Crippen molar-refractivity contribution in [1.29, 1.82) is 0 Å². The van der Waals surface area contributed by atoms with E-state index in [1.54, 1.807) is 0 Å². The van der Waals surface area contributed by atoms with Crippen LogP contribution >= 0.6 is 0 Å². The highest BCUT2D eigenvalue weighted by Gasteiger charge is 2.29. The van der Waals surface area contributed by atoms with Crippen molar-refractivity contribution < 1.29 is 14.7 Å². The van der Waals surface area contributed by atoms with Crippen molar-refractivity contribution in [1.82, 2.24) is 0 Å². The van der Waals surface area contributed by atoms with Crippen molar-refractivity contribution >= 4 is 17.3 Å². The lowest BCUT2D eigenvalue weighted by Gasteiger charge is -2.22. The summed E-state index contributed by atoms with van der Waals surface area (Å²) in [5, 5.41) is 9.32. The Kier molecular flexibility index (Phi) is 3.56. The molecule has 0 heterocycles. The molecule has 1 unspecified atom stereocenters. The molecule has 0 bridgehead atoms. The fourth-order valence-electron chi connectivity index (χ4n) is 2.58. The van der Waals surface area contributed by atoms with E-state index < -0.39 is 11.9 Å². The largest absolute Gasteiger partial charge is 0.481 e. The van der Waals surface area contributed by atoms with Gasteiger partial charge in [-0.3, -0.25) is 9.59 Å². The fourth-order valence-corrected chi connectivity index (χ4v) is 2.58. The molecule has 1 aliphatic rings. The standard InChI is InChI=1S/C16H18O3/c1-9-6-11(3)14(7-10(9)2)15-8-12(17)4-5-13(15)16(18)19/h6-8,13H,4-5H2,1-3H3,(H,18,19). The number of carbonyl (C=O) groups is 2. The van der Waals surface area contributed by atoms with Crippen LogP contribution in [0.25, 0.3) is 5.57 Å².